The first-order valence-electron chi connectivity index (χ1n) is 8.86. The normalized spacial score (nSPS) is 11.0. The first kappa shape index (κ1) is 18.5. The van der Waals surface area contributed by atoms with Crippen LogP contribution in [-0.4, -0.2) is 29.6 Å². The Kier molecular flexibility index (Phi) is 5.71. The minimum absolute atomic E-state index is 0.329. The van der Waals surface area contributed by atoms with E-state index in [-0.39, 0.29) is 11.9 Å². The van der Waals surface area contributed by atoms with Crippen LogP contribution < -0.4 is 0 Å². The second kappa shape index (κ2) is 8.36. The first-order valence-corrected chi connectivity index (χ1v) is 8.86. The Labute approximate surface area is 157 Å². The van der Waals surface area contributed by atoms with Gasteiger partial charge < -0.3 is 13.9 Å². The summed E-state index contributed by atoms with van der Waals surface area (Å²) in [6.07, 6.45) is 5.76. The van der Waals surface area contributed by atoms with Gasteiger partial charge in [0.1, 0.15) is 0 Å². The van der Waals surface area contributed by atoms with Crippen molar-refractivity contribution in [1.82, 2.24) is 4.40 Å². The van der Waals surface area contributed by atoms with Gasteiger partial charge in [-0.2, -0.15) is 0 Å². The van der Waals surface area contributed by atoms with E-state index in [2.05, 4.69) is 0 Å². The van der Waals surface area contributed by atoms with Gasteiger partial charge in [-0.3, -0.25) is 0 Å². The van der Waals surface area contributed by atoms with Gasteiger partial charge in [0.15, 0.2) is 0 Å². The molecular weight excluding hydrogens is 342 g/mol. The van der Waals surface area contributed by atoms with E-state index in [4.69, 9.17) is 9.47 Å². The summed E-state index contributed by atoms with van der Waals surface area (Å²) in [6, 6.07) is 14.7. The summed E-state index contributed by atoms with van der Waals surface area (Å²) in [4.78, 5) is 23.9. The van der Waals surface area contributed by atoms with Crippen LogP contribution in [0, 0.1) is 0 Å². The average Bonchev–Trinajstić information content (AvgIpc) is 3.06. The minimum atomic E-state index is -0.334. The summed E-state index contributed by atoms with van der Waals surface area (Å²) < 4.78 is 12.1. The number of rotatable bonds is 6. The number of pyridine rings is 1. The fraction of sp³-hybridized carbons (Fsp3) is 0.182. The molecule has 0 aliphatic carbocycles. The van der Waals surface area contributed by atoms with Crippen LogP contribution in [0.2, 0.25) is 0 Å². The van der Waals surface area contributed by atoms with Crippen LogP contribution in [0.1, 0.15) is 45.8 Å². The van der Waals surface area contributed by atoms with E-state index in [1.165, 1.54) is 0 Å². The number of benzene rings is 1. The van der Waals surface area contributed by atoms with E-state index < -0.39 is 0 Å². The molecule has 0 unspecified atom stereocenters. The van der Waals surface area contributed by atoms with E-state index in [0.29, 0.717) is 24.3 Å². The predicted octanol–water partition coefficient (Wildman–Crippen LogP) is 4.46. The van der Waals surface area contributed by atoms with E-state index in [1.807, 2.05) is 59.1 Å². The molecule has 0 aliphatic heterocycles. The second-order valence-corrected chi connectivity index (χ2v) is 5.84. The van der Waals surface area contributed by atoms with Gasteiger partial charge >= 0.3 is 11.9 Å². The van der Waals surface area contributed by atoms with Crippen LogP contribution in [0.15, 0.2) is 54.7 Å². The van der Waals surface area contributed by atoms with Crippen LogP contribution in [-0.2, 0) is 9.47 Å². The monoisotopic (exact) mass is 363 g/mol. The Bertz CT molecular complexity index is 983. The van der Waals surface area contributed by atoms with Crippen molar-refractivity contribution in [3.63, 3.8) is 0 Å². The van der Waals surface area contributed by atoms with Gasteiger partial charge in [-0.15, -0.1) is 0 Å². The zero-order valence-corrected chi connectivity index (χ0v) is 15.3. The molecule has 3 rings (SSSR count). The van der Waals surface area contributed by atoms with Crippen molar-refractivity contribution in [3.05, 3.63) is 77.1 Å². The maximum absolute atomic E-state index is 12.2. The molecule has 2 heterocycles. The molecule has 0 amide bonds. The number of esters is 2. The Morgan fingerprint density at radius 2 is 1.63 bits per heavy atom. The van der Waals surface area contributed by atoms with Crippen molar-refractivity contribution in [1.29, 1.82) is 0 Å². The summed E-state index contributed by atoms with van der Waals surface area (Å²) in [5, 5.41) is 0. The quantitative estimate of drug-likeness (QED) is 0.607. The summed E-state index contributed by atoms with van der Waals surface area (Å²) in [7, 11) is 0. The Morgan fingerprint density at radius 1 is 0.926 bits per heavy atom. The van der Waals surface area contributed by atoms with Crippen molar-refractivity contribution in [3.8, 4) is 0 Å². The second-order valence-electron chi connectivity index (χ2n) is 5.84. The standard InChI is InChI=1S/C22H21NO4/c1-3-26-21(24)17-11-8-16(9-12-17)10-13-18-15-19(22(25)27-4-2)20-7-5-6-14-23(18)20/h5-15H,3-4H2,1-2H3/b13-10+. The van der Waals surface area contributed by atoms with Gasteiger partial charge in [-0.05, 0) is 55.8 Å². The van der Waals surface area contributed by atoms with Gasteiger partial charge in [-0.1, -0.05) is 24.3 Å². The Morgan fingerprint density at radius 3 is 2.33 bits per heavy atom. The van der Waals surface area contributed by atoms with Gasteiger partial charge in [0.25, 0.3) is 0 Å². The topological polar surface area (TPSA) is 57.0 Å². The van der Waals surface area contributed by atoms with Gasteiger partial charge in [0, 0.05) is 11.9 Å². The molecule has 3 aromatic rings. The molecule has 2 aromatic heterocycles. The van der Waals surface area contributed by atoms with Crippen molar-refractivity contribution < 1.29 is 19.1 Å². The van der Waals surface area contributed by atoms with E-state index in [1.54, 1.807) is 26.0 Å². The fourth-order valence-electron chi connectivity index (χ4n) is 2.81. The molecular formula is C22H21NO4. The number of ether oxygens (including phenoxy) is 2. The molecule has 0 atom stereocenters. The number of aromatic nitrogens is 1. The van der Waals surface area contributed by atoms with Crippen molar-refractivity contribution in [2.24, 2.45) is 0 Å². The highest BCUT2D eigenvalue weighted by Crippen LogP contribution is 2.20. The van der Waals surface area contributed by atoms with E-state index in [0.717, 1.165) is 16.8 Å². The highest BCUT2D eigenvalue weighted by atomic mass is 16.5. The third-order valence-corrected chi connectivity index (χ3v) is 4.07. The SMILES string of the molecule is CCOC(=O)c1ccc(/C=C/c2cc(C(=O)OCC)c3ccccn23)cc1. The predicted molar refractivity (Wildman–Crippen MR) is 105 cm³/mol. The highest BCUT2D eigenvalue weighted by molar-refractivity contribution is 5.98. The van der Waals surface area contributed by atoms with Crippen molar-refractivity contribution in [2.45, 2.75) is 13.8 Å². The number of hydrogen-bond acceptors (Lipinski definition) is 4. The molecule has 0 spiro atoms. The molecule has 0 aliphatic rings. The van der Waals surface area contributed by atoms with Crippen LogP contribution in [0.25, 0.3) is 17.7 Å². The van der Waals surface area contributed by atoms with Crippen LogP contribution in [0.3, 0.4) is 0 Å². The molecule has 0 saturated heterocycles. The molecule has 0 bridgehead atoms. The lowest BCUT2D eigenvalue weighted by atomic mass is 10.1. The maximum Gasteiger partial charge on any atom is 0.340 e. The maximum atomic E-state index is 12.2. The van der Waals surface area contributed by atoms with Crippen LogP contribution >= 0.6 is 0 Å². The molecule has 27 heavy (non-hydrogen) atoms. The van der Waals surface area contributed by atoms with Gasteiger partial charge in [-0.25, -0.2) is 9.59 Å². The lowest BCUT2D eigenvalue weighted by Crippen LogP contribution is -2.03. The average molecular weight is 363 g/mol. The van der Waals surface area contributed by atoms with E-state index in [9.17, 15) is 9.59 Å². The molecule has 0 radical (unpaired) electrons. The van der Waals surface area contributed by atoms with Gasteiger partial charge in [0.2, 0.25) is 0 Å². The van der Waals surface area contributed by atoms with Gasteiger partial charge in [0.05, 0.1) is 29.9 Å². The van der Waals surface area contributed by atoms with Crippen molar-refractivity contribution >= 4 is 29.6 Å². The summed E-state index contributed by atoms with van der Waals surface area (Å²) >= 11 is 0. The minimum Gasteiger partial charge on any atom is -0.462 e. The molecule has 1 aromatic carbocycles. The van der Waals surface area contributed by atoms with Crippen LogP contribution in [0.4, 0.5) is 0 Å². The molecule has 0 fully saturated rings. The fourth-order valence-corrected chi connectivity index (χ4v) is 2.81. The Hall–Kier alpha value is -3.34. The summed E-state index contributed by atoms with van der Waals surface area (Å²) in [5.41, 5.74) is 3.66. The smallest absolute Gasteiger partial charge is 0.340 e. The molecule has 0 saturated carbocycles. The Balaban J connectivity index is 1.88. The van der Waals surface area contributed by atoms with Crippen molar-refractivity contribution in [2.75, 3.05) is 13.2 Å². The zero-order chi connectivity index (χ0) is 19.2. The summed E-state index contributed by atoms with van der Waals surface area (Å²) in [5.74, 6) is -0.663. The molecule has 5 nitrogen and oxygen atoms in total. The number of fused-ring (bicyclic) bond motifs is 1. The van der Waals surface area contributed by atoms with E-state index >= 15 is 0 Å². The molecule has 5 heteroatoms. The number of hydrogen-bond donors (Lipinski definition) is 0. The molecule has 0 N–H and O–H groups in total. The number of carbonyl (C=O) groups excluding carboxylic acids is 2. The third kappa shape index (κ3) is 4.08. The highest BCUT2D eigenvalue weighted by Gasteiger charge is 2.14. The lowest BCUT2D eigenvalue weighted by Gasteiger charge is -2.02. The zero-order valence-electron chi connectivity index (χ0n) is 15.3. The summed E-state index contributed by atoms with van der Waals surface area (Å²) in [6.45, 7) is 4.25. The molecule has 138 valence electrons. The first-order chi connectivity index (χ1) is 13.1. The third-order valence-electron chi connectivity index (χ3n) is 4.07. The number of nitrogens with zero attached hydrogens (tertiary/aromatic N) is 1. The largest absolute Gasteiger partial charge is 0.462 e. The lowest BCUT2D eigenvalue weighted by molar-refractivity contribution is 0.0518. The number of carbonyl (C=O) groups is 2. The van der Waals surface area contributed by atoms with Crippen LogP contribution in [0.5, 0.6) is 0 Å².